The number of nitriles is 1. The maximum atomic E-state index is 8.90. The maximum Gasteiger partial charge on any atom is 0.0991 e. The van der Waals surface area contributed by atoms with Crippen molar-refractivity contribution in [2.24, 2.45) is 5.84 Å². The van der Waals surface area contributed by atoms with Crippen molar-refractivity contribution in [3.63, 3.8) is 0 Å². The number of nitrogens with two attached hydrogens (primary N) is 1. The predicted octanol–water partition coefficient (Wildman–Crippen LogP) is 2.31. The Morgan fingerprint density at radius 2 is 1.89 bits per heavy atom. The van der Waals surface area contributed by atoms with Gasteiger partial charge < -0.3 is 0 Å². The first-order chi connectivity index (χ1) is 8.83. The molecule has 2 aromatic rings. The van der Waals surface area contributed by atoms with E-state index in [4.69, 9.17) is 11.1 Å². The molecule has 1 unspecified atom stereocenters. The fraction of sp³-hybridized carbons (Fsp3) is 0.133. The van der Waals surface area contributed by atoms with Crippen molar-refractivity contribution < 1.29 is 0 Å². The molecule has 0 aliphatic rings. The first-order valence-corrected chi connectivity index (χ1v) is 5.83. The van der Waals surface area contributed by atoms with Gasteiger partial charge in [-0.25, -0.2) is 0 Å². The quantitative estimate of drug-likeness (QED) is 0.633. The summed E-state index contributed by atoms with van der Waals surface area (Å²) in [6.45, 7) is 0. The fourth-order valence-corrected chi connectivity index (χ4v) is 1.95. The lowest BCUT2D eigenvalue weighted by Crippen LogP contribution is -2.29. The SMILES string of the molecule is N#Cc1cccc(C(Cc2ccccc2)NN)c1. The summed E-state index contributed by atoms with van der Waals surface area (Å²) in [5, 5.41) is 8.90. The second-order valence-corrected chi connectivity index (χ2v) is 4.15. The van der Waals surface area contributed by atoms with Gasteiger partial charge in [-0.2, -0.15) is 5.26 Å². The van der Waals surface area contributed by atoms with Gasteiger partial charge in [0.2, 0.25) is 0 Å². The van der Waals surface area contributed by atoms with E-state index in [1.165, 1.54) is 5.56 Å². The molecule has 18 heavy (non-hydrogen) atoms. The zero-order valence-corrected chi connectivity index (χ0v) is 10.0. The van der Waals surface area contributed by atoms with E-state index < -0.39 is 0 Å². The van der Waals surface area contributed by atoms with Gasteiger partial charge in [-0.3, -0.25) is 11.3 Å². The molecule has 0 fully saturated rings. The molecule has 0 saturated carbocycles. The standard InChI is InChI=1S/C15H15N3/c16-11-13-7-4-8-14(9-13)15(18-17)10-12-5-2-1-3-6-12/h1-9,15,18H,10,17H2. The second-order valence-electron chi connectivity index (χ2n) is 4.15. The Hall–Kier alpha value is -2.15. The minimum Gasteiger partial charge on any atom is -0.271 e. The lowest BCUT2D eigenvalue weighted by molar-refractivity contribution is 0.552. The van der Waals surface area contributed by atoms with Crippen LogP contribution in [0.15, 0.2) is 54.6 Å². The zero-order chi connectivity index (χ0) is 12.8. The Morgan fingerprint density at radius 3 is 2.56 bits per heavy atom. The van der Waals surface area contributed by atoms with Crippen molar-refractivity contribution in [3.8, 4) is 6.07 Å². The first kappa shape index (κ1) is 12.3. The van der Waals surface area contributed by atoms with E-state index in [0.717, 1.165) is 12.0 Å². The molecule has 2 aromatic carbocycles. The Morgan fingerprint density at radius 1 is 1.11 bits per heavy atom. The Kier molecular flexibility index (Phi) is 4.08. The van der Waals surface area contributed by atoms with Crippen molar-refractivity contribution >= 4 is 0 Å². The van der Waals surface area contributed by atoms with Crippen LogP contribution in [0.2, 0.25) is 0 Å². The number of hydrogen-bond acceptors (Lipinski definition) is 3. The van der Waals surface area contributed by atoms with E-state index in [2.05, 4.69) is 23.6 Å². The Balaban J connectivity index is 2.21. The molecule has 3 nitrogen and oxygen atoms in total. The molecule has 0 radical (unpaired) electrons. The van der Waals surface area contributed by atoms with Gasteiger partial charge in [0.15, 0.2) is 0 Å². The van der Waals surface area contributed by atoms with Gasteiger partial charge in [-0.05, 0) is 29.7 Å². The summed E-state index contributed by atoms with van der Waals surface area (Å²) in [5.74, 6) is 5.61. The molecule has 0 saturated heterocycles. The smallest absolute Gasteiger partial charge is 0.0991 e. The average Bonchev–Trinajstić information content (AvgIpc) is 2.46. The Labute approximate surface area is 107 Å². The minimum absolute atomic E-state index is 0.0145. The largest absolute Gasteiger partial charge is 0.271 e. The van der Waals surface area contributed by atoms with Crippen molar-refractivity contribution in [1.82, 2.24) is 5.43 Å². The van der Waals surface area contributed by atoms with Crippen molar-refractivity contribution in [2.45, 2.75) is 12.5 Å². The van der Waals surface area contributed by atoms with E-state index in [1.54, 1.807) is 6.07 Å². The minimum atomic E-state index is 0.0145. The molecule has 1 atom stereocenters. The third-order valence-corrected chi connectivity index (χ3v) is 2.90. The van der Waals surface area contributed by atoms with Crippen LogP contribution in [0.4, 0.5) is 0 Å². The van der Waals surface area contributed by atoms with Crippen molar-refractivity contribution in [3.05, 3.63) is 71.3 Å². The topological polar surface area (TPSA) is 61.8 Å². The highest BCUT2D eigenvalue weighted by Gasteiger charge is 2.10. The molecule has 3 heteroatoms. The molecule has 0 amide bonds. The van der Waals surface area contributed by atoms with Crippen LogP contribution >= 0.6 is 0 Å². The first-order valence-electron chi connectivity index (χ1n) is 5.83. The van der Waals surface area contributed by atoms with Crippen LogP contribution in [0.1, 0.15) is 22.7 Å². The molecule has 2 rings (SSSR count). The molecular weight excluding hydrogens is 222 g/mol. The summed E-state index contributed by atoms with van der Waals surface area (Å²) in [7, 11) is 0. The third-order valence-electron chi connectivity index (χ3n) is 2.90. The van der Waals surface area contributed by atoms with Gasteiger partial charge >= 0.3 is 0 Å². The molecular formula is C15H15N3. The molecule has 3 N–H and O–H groups in total. The highest BCUT2D eigenvalue weighted by atomic mass is 15.2. The molecule has 0 aliphatic heterocycles. The molecule has 90 valence electrons. The van der Waals surface area contributed by atoms with E-state index in [0.29, 0.717) is 5.56 Å². The number of benzene rings is 2. The summed E-state index contributed by atoms with van der Waals surface area (Å²) in [5.41, 5.74) is 5.70. The van der Waals surface area contributed by atoms with Crippen LogP contribution in [-0.4, -0.2) is 0 Å². The lowest BCUT2D eigenvalue weighted by atomic mass is 9.98. The van der Waals surface area contributed by atoms with Crippen LogP contribution in [0.5, 0.6) is 0 Å². The maximum absolute atomic E-state index is 8.90. The summed E-state index contributed by atoms with van der Waals surface area (Å²) in [6.07, 6.45) is 0.798. The monoisotopic (exact) mass is 237 g/mol. The van der Waals surface area contributed by atoms with Crippen LogP contribution in [0.3, 0.4) is 0 Å². The van der Waals surface area contributed by atoms with Crippen LogP contribution in [-0.2, 0) is 6.42 Å². The summed E-state index contributed by atoms with van der Waals surface area (Å²) >= 11 is 0. The molecule has 0 aliphatic carbocycles. The fourth-order valence-electron chi connectivity index (χ4n) is 1.95. The molecule has 0 heterocycles. The predicted molar refractivity (Wildman–Crippen MR) is 71.4 cm³/mol. The van der Waals surface area contributed by atoms with Gasteiger partial charge in [0.1, 0.15) is 0 Å². The number of hydrazine groups is 1. The van der Waals surface area contributed by atoms with Gasteiger partial charge in [-0.1, -0.05) is 42.5 Å². The average molecular weight is 237 g/mol. The highest BCUT2D eigenvalue weighted by Crippen LogP contribution is 2.18. The van der Waals surface area contributed by atoms with E-state index in [-0.39, 0.29) is 6.04 Å². The second kappa shape index (κ2) is 5.97. The van der Waals surface area contributed by atoms with Crippen LogP contribution < -0.4 is 11.3 Å². The van der Waals surface area contributed by atoms with Gasteiger partial charge in [0.25, 0.3) is 0 Å². The van der Waals surface area contributed by atoms with Crippen LogP contribution in [0, 0.1) is 11.3 Å². The van der Waals surface area contributed by atoms with Gasteiger partial charge in [0.05, 0.1) is 17.7 Å². The third kappa shape index (κ3) is 2.95. The van der Waals surface area contributed by atoms with Gasteiger partial charge in [-0.15, -0.1) is 0 Å². The van der Waals surface area contributed by atoms with Crippen molar-refractivity contribution in [1.29, 1.82) is 5.26 Å². The van der Waals surface area contributed by atoms with E-state index in [9.17, 15) is 0 Å². The summed E-state index contributed by atoms with van der Waals surface area (Å²) < 4.78 is 0. The van der Waals surface area contributed by atoms with Crippen LogP contribution in [0.25, 0.3) is 0 Å². The Bertz CT molecular complexity index is 543. The number of nitrogens with one attached hydrogen (secondary N) is 1. The molecule has 0 spiro atoms. The summed E-state index contributed by atoms with van der Waals surface area (Å²) in [6, 6.07) is 19.8. The number of nitrogens with zero attached hydrogens (tertiary/aromatic N) is 1. The number of rotatable bonds is 4. The highest BCUT2D eigenvalue weighted by molar-refractivity contribution is 5.35. The zero-order valence-electron chi connectivity index (χ0n) is 10.0. The lowest BCUT2D eigenvalue weighted by Gasteiger charge is -2.16. The van der Waals surface area contributed by atoms with Crippen molar-refractivity contribution in [2.75, 3.05) is 0 Å². The molecule has 0 bridgehead atoms. The normalized spacial score (nSPS) is 11.8. The van der Waals surface area contributed by atoms with E-state index >= 15 is 0 Å². The van der Waals surface area contributed by atoms with Gasteiger partial charge in [0, 0.05) is 0 Å². The van der Waals surface area contributed by atoms with E-state index in [1.807, 2.05) is 36.4 Å². The number of hydrogen-bond donors (Lipinski definition) is 2. The summed E-state index contributed by atoms with van der Waals surface area (Å²) in [4.78, 5) is 0. The molecule has 0 aromatic heterocycles.